The van der Waals surface area contributed by atoms with Crippen molar-refractivity contribution in [3.05, 3.63) is 79.9 Å². The van der Waals surface area contributed by atoms with Gasteiger partial charge in [-0.2, -0.15) is 0 Å². The van der Waals surface area contributed by atoms with E-state index >= 15 is 0 Å². The third kappa shape index (κ3) is 3.38. The Hall–Kier alpha value is -2.21. The van der Waals surface area contributed by atoms with E-state index in [-0.39, 0.29) is 5.56 Å². The number of hydrogen-bond acceptors (Lipinski definition) is 4. The van der Waals surface area contributed by atoms with Crippen molar-refractivity contribution in [2.24, 2.45) is 0 Å². The van der Waals surface area contributed by atoms with Gasteiger partial charge < -0.3 is 4.98 Å². The Balaban J connectivity index is 1.60. The van der Waals surface area contributed by atoms with Gasteiger partial charge in [0.05, 0.1) is 21.3 Å². The van der Waals surface area contributed by atoms with Crippen molar-refractivity contribution in [2.75, 3.05) is 6.54 Å². The molecular weight excluding hydrogens is 371 g/mol. The molecular formula is C19H16Cl2N4O. The minimum absolute atomic E-state index is 0.101. The highest BCUT2D eigenvalue weighted by molar-refractivity contribution is 6.42. The van der Waals surface area contributed by atoms with Crippen LogP contribution >= 0.6 is 23.2 Å². The summed E-state index contributed by atoms with van der Waals surface area (Å²) in [6, 6.07) is 9.32. The van der Waals surface area contributed by atoms with Gasteiger partial charge in [-0.1, -0.05) is 35.3 Å². The first kappa shape index (κ1) is 17.2. The topological polar surface area (TPSA) is 61.9 Å². The van der Waals surface area contributed by atoms with E-state index in [0.717, 1.165) is 23.4 Å². The summed E-state index contributed by atoms with van der Waals surface area (Å²) < 4.78 is 0. The first-order valence-corrected chi connectivity index (χ1v) is 9.05. The summed E-state index contributed by atoms with van der Waals surface area (Å²) in [5.74, 6) is 0.563. The summed E-state index contributed by atoms with van der Waals surface area (Å²) in [4.78, 5) is 26.4. The van der Waals surface area contributed by atoms with Crippen LogP contribution < -0.4 is 5.56 Å². The van der Waals surface area contributed by atoms with Gasteiger partial charge in [-0.05, 0) is 23.8 Å². The number of nitrogens with one attached hydrogen (secondary N) is 1. The van der Waals surface area contributed by atoms with Crippen molar-refractivity contribution >= 4 is 23.2 Å². The lowest BCUT2D eigenvalue weighted by molar-refractivity contribution is 0.242. The zero-order valence-electron chi connectivity index (χ0n) is 13.9. The lowest BCUT2D eigenvalue weighted by atomic mass is 10.1. The lowest BCUT2D eigenvalue weighted by Crippen LogP contribution is -2.35. The first-order valence-electron chi connectivity index (χ1n) is 8.29. The van der Waals surface area contributed by atoms with Gasteiger partial charge in [0.25, 0.3) is 5.56 Å². The van der Waals surface area contributed by atoms with E-state index in [1.165, 1.54) is 0 Å². The largest absolute Gasteiger partial charge is 0.306 e. The molecule has 0 atom stereocenters. The van der Waals surface area contributed by atoms with Crippen LogP contribution in [0.2, 0.25) is 10.0 Å². The third-order valence-corrected chi connectivity index (χ3v) is 5.37. The number of hydrogen-bond donors (Lipinski definition) is 1. The predicted octanol–water partition coefficient (Wildman–Crippen LogP) is 3.70. The molecule has 0 amide bonds. The molecule has 0 radical (unpaired) electrons. The van der Waals surface area contributed by atoms with Crippen LogP contribution in [-0.4, -0.2) is 26.4 Å². The average Bonchev–Trinajstić information content (AvgIpc) is 2.66. The fourth-order valence-corrected chi connectivity index (χ4v) is 3.55. The monoisotopic (exact) mass is 386 g/mol. The Bertz CT molecular complexity index is 1000. The second kappa shape index (κ2) is 7.19. The number of rotatable bonds is 3. The molecule has 1 aliphatic rings. The third-order valence-electron chi connectivity index (χ3n) is 4.51. The molecule has 7 heteroatoms. The molecule has 0 spiro atoms. The highest BCUT2D eigenvalue weighted by Gasteiger charge is 2.22. The molecule has 3 heterocycles. The average molecular weight is 387 g/mol. The molecule has 0 bridgehead atoms. The van der Waals surface area contributed by atoms with Crippen molar-refractivity contribution in [2.45, 2.75) is 19.5 Å². The van der Waals surface area contributed by atoms with E-state index < -0.39 is 0 Å². The number of nitrogens with zero attached hydrogens (tertiary/aromatic N) is 3. The van der Waals surface area contributed by atoms with Crippen molar-refractivity contribution in [3.8, 4) is 11.4 Å². The zero-order chi connectivity index (χ0) is 18.1. The molecule has 26 heavy (non-hydrogen) atoms. The Morgan fingerprint density at radius 3 is 2.88 bits per heavy atom. The second-order valence-corrected chi connectivity index (χ2v) is 7.04. The molecule has 2 aromatic heterocycles. The van der Waals surface area contributed by atoms with Crippen molar-refractivity contribution < 1.29 is 0 Å². The molecule has 0 saturated carbocycles. The van der Waals surface area contributed by atoms with Crippen LogP contribution in [0.5, 0.6) is 0 Å². The number of halogens is 2. The second-order valence-electron chi connectivity index (χ2n) is 6.26. The Labute approximate surface area is 160 Å². The molecule has 0 unspecified atom stereocenters. The van der Waals surface area contributed by atoms with E-state index in [4.69, 9.17) is 23.2 Å². The van der Waals surface area contributed by atoms with Gasteiger partial charge in [0.2, 0.25) is 0 Å². The lowest BCUT2D eigenvalue weighted by Gasteiger charge is -2.28. The summed E-state index contributed by atoms with van der Waals surface area (Å²) in [6.07, 6.45) is 4.10. The van der Waals surface area contributed by atoms with Crippen LogP contribution in [0.25, 0.3) is 11.4 Å². The molecule has 1 aliphatic heterocycles. The first-order chi connectivity index (χ1) is 12.6. The Morgan fingerprint density at radius 2 is 2.08 bits per heavy atom. The Morgan fingerprint density at radius 1 is 1.19 bits per heavy atom. The van der Waals surface area contributed by atoms with Gasteiger partial charge in [0, 0.05) is 44.0 Å². The van der Waals surface area contributed by atoms with E-state index in [9.17, 15) is 4.79 Å². The van der Waals surface area contributed by atoms with Crippen molar-refractivity contribution in [3.63, 3.8) is 0 Å². The normalized spacial score (nSPS) is 14.2. The van der Waals surface area contributed by atoms with Gasteiger partial charge in [-0.15, -0.1) is 0 Å². The van der Waals surface area contributed by atoms with Crippen LogP contribution in [0, 0.1) is 0 Å². The standard InChI is InChI=1S/C19H16Cl2N4O/c20-15-5-1-3-13(17(15)21)10-25-8-6-16-14(11-25)19(26)24-18(23-16)12-4-2-7-22-9-12/h1-5,7,9H,6,8,10-11H2,(H,23,24,26). The zero-order valence-corrected chi connectivity index (χ0v) is 15.4. The molecule has 132 valence electrons. The quantitative estimate of drug-likeness (QED) is 0.745. The Kier molecular flexibility index (Phi) is 4.76. The smallest absolute Gasteiger partial charge is 0.255 e. The number of H-pyrrole nitrogens is 1. The van der Waals surface area contributed by atoms with Crippen LogP contribution in [0.15, 0.2) is 47.5 Å². The van der Waals surface area contributed by atoms with Crippen LogP contribution in [0.3, 0.4) is 0 Å². The molecule has 1 N–H and O–H groups in total. The van der Waals surface area contributed by atoms with E-state index in [2.05, 4.69) is 19.9 Å². The number of benzene rings is 1. The van der Waals surface area contributed by atoms with Gasteiger partial charge in [0.15, 0.2) is 0 Å². The maximum absolute atomic E-state index is 12.6. The van der Waals surface area contributed by atoms with Crippen molar-refractivity contribution in [1.29, 1.82) is 0 Å². The van der Waals surface area contributed by atoms with E-state index in [1.54, 1.807) is 18.5 Å². The molecule has 4 rings (SSSR count). The minimum atomic E-state index is -0.101. The minimum Gasteiger partial charge on any atom is -0.306 e. The molecule has 3 aromatic rings. The van der Waals surface area contributed by atoms with Gasteiger partial charge in [-0.3, -0.25) is 14.7 Å². The SMILES string of the molecule is O=c1[nH]c(-c2cccnc2)nc2c1CN(Cc1cccc(Cl)c1Cl)CC2. The van der Waals surface area contributed by atoms with Gasteiger partial charge >= 0.3 is 0 Å². The molecule has 0 aliphatic carbocycles. The summed E-state index contributed by atoms with van der Waals surface area (Å²) in [7, 11) is 0. The van der Waals surface area contributed by atoms with Crippen molar-refractivity contribution in [1.82, 2.24) is 19.9 Å². The highest BCUT2D eigenvalue weighted by Crippen LogP contribution is 2.28. The summed E-state index contributed by atoms with van der Waals surface area (Å²) in [6.45, 7) is 1.98. The number of fused-ring (bicyclic) bond motifs is 1. The van der Waals surface area contributed by atoms with Crippen LogP contribution in [0.1, 0.15) is 16.8 Å². The summed E-state index contributed by atoms with van der Waals surface area (Å²) in [5, 5.41) is 1.11. The number of aromatic nitrogens is 3. The van der Waals surface area contributed by atoms with E-state index in [1.807, 2.05) is 24.3 Å². The van der Waals surface area contributed by atoms with E-state index in [0.29, 0.717) is 40.9 Å². The maximum Gasteiger partial charge on any atom is 0.255 e. The molecule has 1 aromatic carbocycles. The molecule has 0 saturated heterocycles. The number of pyridine rings is 1. The molecule has 0 fully saturated rings. The number of aromatic amines is 1. The van der Waals surface area contributed by atoms with Gasteiger partial charge in [0.1, 0.15) is 5.82 Å². The highest BCUT2D eigenvalue weighted by atomic mass is 35.5. The maximum atomic E-state index is 12.6. The fourth-order valence-electron chi connectivity index (χ4n) is 3.17. The van der Waals surface area contributed by atoms with Gasteiger partial charge in [-0.25, -0.2) is 4.98 Å². The van der Waals surface area contributed by atoms with Crippen LogP contribution in [0.4, 0.5) is 0 Å². The predicted molar refractivity (Wildman–Crippen MR) is 102 cm³/mol. The van der Waals surface area contributed by atoms with Crippen LogP contribution in [-0.2, 0) is 19.5 Å². The fraction of sp³-hybridized carbons (Fsp3) is 0.211. The summed E-state index contributed by atoms with van der Waals surface area (Å²) >= 11 is 12.4. The summed E-state index contributed by atoms with van der Waals surface area (Å²) in [5.41, 5.74) is 3.22. The molecule has 5 nitrogen and oxygen atoms in total.